The monoisotopic (exact) mass is 513 g/mol. The van der Waals surface area contributed by atoms with E-state index in [0.717, 1.165) is 0 Å². The highest BCUT2D eigenvalue weighted by atomic mass is 16.3. The van der Waals surface area contributed by atoms with E-state index in [1.165, 1.54) is 0 Å². The molecule has 8 aromatic rings. The van der Waals surface area contributed by atoms with E-state index in [4.69, 9.17) is 20.9 Å². The minimum atomic E-state index is -0.808. The van der Waals surface area contributed by atoms with E-state index in [9.17, 15) is 6.85 Å². The number of benzene rings is 7. The van der Waals surface area contributed by atoms with Crippen molar-refractivity contribution in [1.29, 1.82) is 0 Å². The van der Waals surface area contributed by atoms with Crippen LogP contribution in [0.3, 0.4) is 0 Å². The Kier molecular flexibility index (Phi) is 2.44. The summed E-state index contributed by atoms with van der Waals surface area (Å²) in [6.07, 6.45) is 0. The lowest BCUT2D eigenvalue weighted by atomic mass is 9.84. The van der Waals surface area contributed by atoms with Gasteiger partial charge in [0.15, 0.2) is 0 Å². The number of hydrogen-bond acceptors (Lipinski definition) is 1. The molecule has 0 spiro atoms. The van der Waals surface area contributed by atoms with E-state index in [2.05, 4.69) is 0 Å². The molecule has 0 aliphatic rings. The quantitative estimate of drug-likeness (QED) is 0.214. The van der Waals surface area contributed by atoms with Gasteiger partial charge in [-0.05, 0) is 79.2 Å². The molecule has 1 nitrogen and oxygen atoms in total. The van der Waals surface area contributed by atoms with Crippen LogP contribution in [-0.4, -0.2) is 0 Å². The molecule has 0 fully saturated rings. The van der Waals surface area contributed by atoms with E-state index in [0.29, 0.717) is 21.9 Å². The van der Waals surface area contributed by atoms with Gasteiger partial charge in [-0.3, -0.25) is 0 Å². The van der Waals surface area contributed by atoms with Crippen LogP contribution < -0.4 is 0 Å². The highest BCUT2D eigenvalue weighted by Crippen LogP contribution is 2.45. The molecule has 0 bridgehead atoms. The van der Waals surface area contributed by atoms with Crippen LogP contribution in [0.2, 0.25) is 0 Å². The lowest BCUT2D eigenvalue weighted by Crippen LogP contribution is -1.91. The summed E-state index contributed by atoms with van der Waals surface area (Å²) in [7, 11) is 0. The van der Waals surface area contributed by atoms with E-state index < -0.39 is 125 Å². The first kappa shape index (κ1) is 10.9. The van der Waals surface area contributed by atoms with Crippen molar-refractivity contribution in [3.05, 3.63) is 145 Å². The Morgan fingerprint density at radius 1 is 0.410 bits per heavy atom. The van der Waals surface area contributed by atoms with Gasteiger partial charge in [0.1, 0.15) is 11.2 Å². The maximum atomic E-state index is 9.79. The molecule has 0 aliphatic carbocycles. The maximum absolute atomic E-state index is 9.79. The Balaban J connectivity index is 1.74. The lowest BCUT2D eigenvalue weighted by Gasteiger charge is -2.19. The normalized spacial score (nSPS) is 17.7. The van der Waals surface area contributed by atoms with Crippen LogP contribution in [0.15, 0.2) is 150 Å². The van der Waals surface area contributed by atoms with Crippen LogP contribution in [0.5, 0.6) is 0 Å². The molecule has 0 unspecified atom stereocenters. The van der Waals surface area contributed by atoms with E-state index in [1.807, 2.05) is 0 Å². The van der Waals surface area contributed by atoms with Crippen molar-refractivity contribution in [2.24, 2.45) is 0 Å². The molecule has 0 saturated heterocycles. The van der Waals surface area contributed by atoms with E-state index in [1.54, 1.807) is 42.5 Å². The highest BCUT2D eigenvalue weighted by molar-refractivity contribution is 6.22. The lowest BCUT2D eigenvalue weighted by molar-refractivity contribution is 0.669. The van der Waals surface area contributed by atoms with Crippen molar-refractivity contribution in [3.8, 4) is 33.4 Å². The average Bonchev–Trinajstić information content (AvgIpc) is 3.56. The number of furan rings is 1. The fourth-order valence-corrected chi connectivity index (χ4v) is 5.01. The molecule has 1 aromatic heterocycles. The van der Waals surface area contributed by atoms with Gasteiger partial charge in [-0.2, -0.15) is 0 Å². The molecular weight excluding hydrogens is 472 g/mol. The van der Waals surface area contributed by atoms with Crippen molar-refractivity contribution in [1.82, 2.24) is 0 Å². The van der Waals surface area contributed by atoms with E-state index in [-0.39, 0.29) is 32.7 Å². The SMILES string of the molecule is [2H]c1c([2H])c([2H])c(-c2c([2H])c([2H])c3c(-c4c([2H])c([2H])c([2H])c([2H])c4[2H])c4c([2H])c([2H])c([2H])c([2H])c4c(-c4ccc5oc6ccccc6c5c4)c3c2[2H])c([2H])c1[2H]. The second kappa shape index (κ2) is 8.72. The first-order valence-corrected chi connectivity index (χ1v) is 12.0. The summed E-state index contributed by atoms with van der Waals surface area (Å²) in [4.78, 5) is 0. The number of hydrogen-bond donors (Lipinski definition) is 0. The first-order valence-electron chi connectivity index (χ1n) is 20.5. The zero-order valence-corrected chi connectivity index (χ0v) is 19.9. The molecule has 0 amide bonds. The fraction of sp³-hybridized carbons (Fsp3) is 0. The minimum Gasteiger partial charge on any atom is -0.456 e. The average molecular weight is 514 g/mol. The molecule has 1 heterocycles. The molecular formula is C38H24O. The van der Waals surface area contributed by atoms with Crippen LogP contribution in [0.25, 0.3) is 76.9 Å². The molecule has 39 heavy (non-hydrogen) atoms. The van der Waals surface area contributed by atoms with Gasteiger partial charge in [-0.1, -0.05) is 121 Å². The third kappa shape index (κ3) is 3.48. The predicted octanol–water partition coefficient (Wildman–Crippen LogP) is 10.9. The van der Waals surface area contributed by atoms with Gasteiger partial charge >= 0.3 is 0 Å². The Bertz CT molecular complexity index is 3050. The van der Waals surface area contributed by atoms with Gasteiger partial charge in [0.25, 0.3) is 0 Å². The maximum Gasteiger partial charge on any atom is 0.135 e. The molecule has 0 N–H and O–H groups in total. The number of para-hydroxylation sites is 1. The summed E-state index contributed by atoms with van der Waals surface area (Å²) in [5.74, 6) is 0. The highest BCUT2D eigenvalue weighted by Gasteiger charge is 2.18. The fourth-order valence-electron chi connectivity index (χ4n) is 5.01. The minimum absolute atomic E-state index is 0.0718. The van der Waals surface area contributed by atoms with Crippen LogP contribution in [0.1, 0.15) is 23.3 Å². The molecule has 0 radical (unpaired) electrons. The van der Waals surface area contributed by atoms with Crippen LogP contribution in [0, 0.1) is 0 Å². The van der Waals surface area contributed by atoms with Crippen molar-refractivity contribution >= 4 is 43.5 Å². The third-order valence-corrected chi connectivity index (χ3v) is 6.67. The summed E-state index contributed by atoms with van der Waals surface area (Å²) in [6, 6.07) is -0.746. The van der Waals surface area contributed by atoms with Gasteiger partial charge in [-0.15, -0.1) is 0 Å². The summed E-state index contributed by atoms with van der Waals surface area (Å²) < 4.78 is 156. The molecule has 0 aliphatic heterocycles. The second-order valence-electron chi connectivity index (χ2n) is 8.81. The van der Waals surface area contributed by atoms with Gasteiger partial charge in [-0.25, -0.2) is 0 Å². The van der Waals surface area contributed by atoms with Crippen molar-refractivity contribution in [2.75, 3.05) is 0 Å². The largest absolute Gasteiger partial charge is 0.456 e. The smallest absolute Gasteiger partial charge is 0.135 e. The topological polar surface area (TPSA) is 13.1 Å². The van der Waals surface area contributed by atoms with E-state index >= 15 is 0 Å². The van der Waals surface area contributed by atoms with Gasteiger partial charge < -0.3 is 4.42 Å². The molecule has 182 valence electrons. The standard InChI is InChI=1S/C38H24O/c1-3-11-25(12-4-1)27-19-21-32-34(23-27)38(28-20-22-36-33(24-28)29-15-9-10-18-35(29)39-36)31-17-8-7-16-30(31)37(32)26-13-5-2-6-14-26/h1-24H/i1D,2D,3D,4D,5D,6D,7D,8D,11D,12D,13D,14D,16D,17D,19D,21D,23D. The summed E-state index contributed by atoms with van der Waals surface area (Å²) >= 11 is 0. The molecule has 8 rings (SSSR count). The predicted molar refractivity (Wildman–Crippen MR) is 165 cm³/mol. The third-order valence-electron chi connectivity index (χ3n) is 6.67. The van der Waals surface area contributed by atoms with Crippen LogP contribution in [-0.2, 0) is 0 Å². The number of fused-ring (bicyclic) bond motifs is 5. The Morgan fingerprint density at radius 2 is 1.03 bits per heavy atom. The van der Waals surface area contributed by atoms with Gasteiger partial charge in [0.2, 0.25) is 0 Å². The van der Waals surface area contributed by atoms with Crippen LogP contribution >= 0.6 is 0 Å². The molecule has 0 saturated carbocycles. The summed E-state index contributed by atoms with van der Waals surface area (Å²) in [5, 5.41) is -0.0440. The molecule has 1 heteroatoms. The number of rotatable bonds is 3. The zero-order chi connectivity index (χ0) is 40.6. The van der Waals surface area contributed by atoms with Crippen molar-refractivity contribution < 1.29 is 27.7 Å². The Labute approximate surface area is 250 Å². The molecule has 0 atom stereocenters. The zero-order valence-electron chi connectivity index (χ0n) is 36.9. The van der Waals surface area contributed by atoms with Gasteiger partial charge in [0.05, 0.1) is 23.3 Å². The van der Waals surface area contributed by atoms with Crippen molar-refractivity contribution in [2.45, 2.75) is 0 Å². The second-order valence-corrected chi connectivity index (χ2v) is 8.81. The Hall–Kier alpha value is -5.14. The van der Waals surface area contributed by atoms with Crippen molar-refractivity contribution in [3.63, 3.8) is 0 Å². The summed E-state index contributed by atoms with van der Waals surface area (Å²) in [6.45, 7) is 0. The summed E-state index contributed by atoms with van der Waals surface area (Å²) in [5.41, 5.74) is -0.969. The first-order chi connectivity index (χ1) is 26.4. The molecule has 7 aromatic carbocycles. The van der Waals surface area contributed by atoms with Gasteiger partial charge in [0, 0.05) is 10.8 Å². The van der Waals surface area contributed by atoms with Crippen LogP contribution in [0.4, 0.5) is 0 Å². The Morgan fingerprint density at radius 3 is 1.79 bits per heavy atom.